The van der Waals surface area contributed by atoms with Gasteiger partial charge in [0.25, 0.3) is 16.6 Å². The molecule has 0 fully saturated rings. The number of benzene rings is 8. The summed E-state index contributed by atoms with van der Waals surface area (Å²) in [6, 6.07) is 80.8. The molecule has 0 radical (unpaired) electrons. The van der Waals surface area contributed by atoms with Crippen LogP contribution in [0.1, 0.15) is 105 Å². The van der Waals surface area contributed by atoms with E-state index in [1.54, 1.807) is 6.92 Å². The maximum absolute atomic E-state index is 11.4. The first kappa shape index (κ1) is 90.8. The average Bonchev–Trinajstić information content (AvgIpc) is 0.839. The minimum absolute atomic E-state index is 0. The van der Waals surface area contributed by atoms with Gasteiger partial charge < -0.3 is 59.2 Å². The van der Waals surface area contributed by atoms with Gasteiger partial charge in [0.05, 0.1) is 0 Å². The van der Waals surface area contributed by atoms with E-state index in [9.17, 15) is 24.9 Å². The molecule has 15 heteroatoms. The molecule has 88 heavy (non-hydrogen) atoms. The number of hydrogen-bond donors (Lipinski definition) is 6. The van der Waals surface area contributed by atoms with Crippen LogP contribution in [0.25, 0.3) is 0 Å². The van der Waals surface area contributed by atoms with Gasteiger partial charge in [-0.25, -0.2) is 0 Å². The van der Waals surface area contributed by atoms with Crippen LogP contribution in [0.5, 0.6) is 0 Å². The summed E-state index contributed by atoms with van der Waals surface area (Å²) in [6.45, 7) is 27.2. The number of hydrogen-bond acceptors (Lipinski definition) is 7. The summed E-state index contributed by atoms with van der Waals surface area (Å²) in [4.78, 5) is 22.9. The van der Waals surface area contributed by atoms with Gasteiger partial charge in [-0.15, -0.1) is 13.2 Å². The molecular weight excluding hydrogens is 1830 g/mol. The van der Waals surface area contributed by atoms with Gasteiger partial charge >= 0.3 is 0 Å². The summed E-state index contributed by atoms with van der Waals surface area (Å²) in [6.07, 6.45) is 15.5. The fraction of sp³-hybridized carbons (Fsp3) is 0.274. The number of aliphatic hydroxyl groups excluding tert-OH is 3. The summed E-state index contributed by atoms with van der Waals surface area (Å²) < 4.78 is 6.19. The van der Waals surface area contributed by atoms with Crippen molar-refractivity contribution < 1.29 is 133 Å². The quantitative estimate of drug-likeness (QED) is 0.0325. The van der Waals surface area contributed by atoms with Gasteiger partial charge in [-0.3, -0.25) is 0 Å². The minimum atomic E-state index is -2.72. The van der Waals surface area contributed by atoms with E-state index in [-0.39, 0.29) is 140 Å². The Morgan fingerprint density at radius 1 is 0.386 bits per heavy atom. The summed E-state index contributed by atoms with van der Waals surface area (Å²) in [5, 5.41) is 45.6. The standard InChI is InChI=1S/C18H23O2Si.C17H22O2Si.2C16H20OSi.C2HO.C2H.2CH4.H2O.3U/c1-15(19)20-21(18(2,3)4,16-11-7-5-8-12-16)17-13-9-6-10-14-17;1-17(2,3)20(16(18)19,14-10-6-4-7-11-14)15-12-8-5-9-13-15;2*1-16(2,3)18(17,14-10-6-4-7-11-14)15-12-8-5-9-13-15;1-2-3;1-2;;;;;;/h5-14,19H,1-4H3;4-13,16,18-19H,1-3H3;2*4-13,17H,1-3H3;3H;1H;2*1H4;1H2;;;/q-1;;;;2*-1;;;;;;. The molecule has 468 valence electrons. The van der Waals surface area contributed by atoms with E-state index in [4.69, 9.17) is 22.4 Å². The van der Waals surface area contributed by atoms with Crippen LogP contribution in [0.2, 0.25) is 20.2 Å². The summed E-state index contributed by atoms with van der Waals surface area (Å²) in [5.74, 6) is -1.34. The summed E-state index contributed by atoms with van der Waals surface area (Å²) >= 11 is 0. The van der Waals surface area contributed by atoms with Crippen molar-refractivity contribution in [2.75, 3.05) is 0 Å². The van der Waals surface area contributed by atoms with Gasteiger partial charge in [-0.2, -0.15) is 6.11 Å². The second-order valence-corrected chi connectivity index (χ2v) is 41.1. The molecule has 0 spiro atoms. The molecule has 0 aromatic heterocycles. The first-order valence-corrected chi connectivity index (χ1v) is 35.3. The van der Waals surface area contributed by atoms with Gasteiger partial charge in [-0.1, -0.05) is 341 Å². The molecule has 0 bridgehead atoms. The first-order valence-electron chi connectivity index (χ1n) is 27.4. The SMILES string of the molecule is C.C.CC(C)(C)[Si](O)(c1ccccc1)c1ccccc1.CC(C)(C)[Si](O)(c1ccccc1)c1ccccc1.CC(C)(C)[Si](c1ccccc1)(c1ccccc1)C(O)O.C[C-](O)O[Si](c1ccccc1)(c1ccccc1)C(C)(C)C.O.[C-]#C.[C-]#CO.[U].[U].[U]. The van der Waals surface area contributed by atoms with Gasteiger partial charge in [0.1, 0.15) is 5.91 Å². The first-order chi connectivity index (χ1) is 38.6. The van der Waals surface area contributed by atoms with Crippen LogP contribution in [0.15, 0.2) is 243 Å². The molecule has 0 aliphatic heterocycles. The van der Waals surface area contributed by atoms with Gasteiger partial charge in [0.15, 0.2) is 8.07 Å². The second-order valence-electron chi connectivity index (χ2n) is 23.9. The Kier molecular flexibility index (Phi) is 43.2. The number of rotatable bonds is 11. The van der Waals surface area contributed by atoms with Crippen molar-refractivity contribution >= 4 is 74.5 Å². The van der Waals surface area contributed by atoms with E-state index in [2.05, 4.69) is 114 Å². The van der Waals surface area contributed by atoms with Crippen molar-refractivity contribution in [3.63, 3.8) is 0 Å². The Balaban J connectivity index is -0.000000510. The van der Waals surface area contributed by atoms with Crippen molar-refractivity contribution in [2.45, 2.75) is 131 Å². The molecule has 0 aliphatic carbocycles. The monoisotopic (exact) mass is 1930 g/mol. The van der Waals surface area contributed by atoms with E-state index in [0.717, 1.165) is 47.6 Å². The molecule has 0 aliphatic rings. The van der Waals surface area contributed by atoms with Crippen LogP contribution < -0.4 is 41.5 Å². The predicted octanol–water partition coefficient (Wildman–Crippen LogP) is 11.0. The largest absolute Gasteiger partial charge is 0.697 e. The van der Waals surface area contributed by atoms with E-state index >= 15 is 0 Å². The molecule has 0 atom stereocenters. The fourth-order valence-electron chi connectivity index (χ4n) is 10.8. The predicted molar refractivity (Wildman–Crippen MR) is 369 cm³/mol. The molecule has 8 rings (SSSR count). The Morgan fingerprint density at radius 3 is 0.693 bits per heavy atom. The van der Waals surface area contributed by atoms with Crippen molar-refractivity contribution in [3.8, 4) is 12.5 Å². The van der Waals surface area contributed by atoms with E-state index in [1.807, 2.05) is 218 Å². The van der Waals surface area contributed by atoms with Crippen molar-refractivity contribution in [3.05, 3.63) is 262 Å². The third kappa shape index (κ3) is 22.6. The molecule has 8 nitrogen and oxygen atoms in total. The molecule has 8 aromatic carbocycles. The van der Waals surface area contributed by atoms with E-state index in [1.165, 1.54) is 0 Å². The zero-order valence-corrected chi connectivity index (χ0v) is 68.8. The van der Waals surface area contributed by atoms with E-state index < -0.39 is 38.9 Å². The van der Waals surface area contributed by atoms with Crippen LogP contribution >= 0.6 is 0 Å². The fourth-order valence-corrected chi connectivity index (χ4v) is 26.9. The van der Waals surface area contributed by atoms with Crippen molar-refractivity contribution in [1.29, 1.82) is 0 Å². The molecule has 0 unspecified atom stereocenters. The van der Waals surface area contributed by atoms with Crippen molar-refractivity contribution in [1.82, 2.24) is 0 Å². The minimum Gasteiger partial charge on any atom is -0.697 e. The third-order valence-corrected chi connectivity index (χ3v) is 34.3. The molecule has 0 saturated heterocycles. The maximum atomic E-state index is 11.4. The molecule has 0 saturated carbocycles. The van der Waals surface area contributed by atoms with Gasteiger partial charge in [0, 0.05) is 93.3 Å². The van der Waals surface area contributed by atoms with Crippen molar-refractivity contribution in [2.24, 2.45) is 0 Å². The van der Waals surface area contributed by atoms with Crippen LogP contribution in [-0.2, 0) is 4.43 Å². The van der Waals surface area contributed by atoms with Crippen LogP contribution in [-0.4, -0.2) is 74.4 Å². The Bertz CT molecular complexity index is 2840. The second kappa shape index (κ2) is 41.8. The number of terminal acetylenes is 1. The smallest absolute Gasteiger partial charge is 0.258 e. The number of aliphatic hydroxyl groups is 4. The molecule has 8 aromatic rings. The van der Waals surface area contributed by atoms with Crippen LogP contribution in [0.4, 0.5) is 0 Å². The van der Waals surface area contributed by atoms with Gasteiger partial charge in [-0.05, 0) is 61.6 Å². The molecule has 0 amide bonds. The molecule has 0 heterocycles. The summed E-state index contributed by atoms with van der Waals surface area (Å²) in [7, 11) is -10.7. The van der Waals surface area contributed by atoms with Crippen LogP contribution in [0, 0.1) is 125 Å². The van der Waals surface area contributed by atoms with Gasteiger partial charge in [0.2, 0.25) is 8.32 Å². The topological polar surface area (TPSA) is 162 Å². The van der Waals surface area contributed by atoms with Crippen LogP contribution in [0.3, 0.4) is 0 Å². The molecular formula is C73H97O8Si4U3-3. The average molecular weight is 1930 g/mol. The maximum Gasteiger partial charge on any atom is 0.258 e. The zero-order chi connectivity index (χ0) is 61.5. The Labute approximate surface area is 606 Å². The Hall–Kier alpha value is -3.58. The van der Waals surface area contributed by atoms with E-state index in [0.29, 0.717) is 0 Å². The normalized spacial score (nSPS) is 11.1. The molecule has 8 N–H and O–H groups in total. The third-order valence-electron chi connectivity index (χ3n) is 14.7. The zero-order valence-electron chi connectivity index (χ0n) is 52.3. The summed E-state index contributed by atoms with van der Waals surface area (Å²) in [5.41, 5.74) is 0. The Morgan fingerprint density at radius 2 is 0.557 bits per heavy atom.